The van der Waals surface area contributed by atoms with E-state index in [0.29, 0.717) is 59.9 Å². The van der Waals surface area contributed by atoms with Crippen molar-refractivity contribution in [3.63, 3.8) is 0 Å². The molecule has 0 bridgehead atoms. The first-order chi connectivity index (χ1) is 29.0. The molecule has 15 nitrogen and oxygen atoms in total. The molecule has 4 amide bonds. The summed E-state index contributed by atoms with van der Waals surface area (Å²) in [5.74, 6) is -2.02. The average Bonchev–Trinajstić information content (AvgIpc) is 4.04. The SMILES string of the molecule is O=C(N[C@@H]1CCCCC/C=C\[C@@H]2C[C@@]2(C(=O)NS(=O)(=O)C2CC2)NC(=O)[C@@H]2C[C@@H](Oc3cc(-c4ccc(Cl)cc4)nc4c5ccccc5nn34)CN2C1=O)OC1CCCC1. The van der Waals surface area contributed by atoms with Gasteiger partial charge in [-0.15, -0.1) is 0 Å². The van der Waals surface area contributed by atoms with Crippen LogP contribution in [-0.2, 0) is 29.1 Å². The normalized spacial score (nSPS) is 27.0. The van der Waals surface area contributed by atoms with E-state index in [4.69, 9.17) is 31.2 Å². The molecule has 2 aliphatic heterocycles. The maximum absolute atomic E-state index is 14.8. The van der Waals surface area contributed by atoms with E-state index in [1.807, 2.05) is 48.6 Å². The highest BCUT2D eigenvalue weighted by Crippen LogP contribution is 2.46. The number of benzene rings is 2. The third kappa shape index (κ3) is 8.27. The van der Waals surface area contributed by atoms with Gasteiger partial charge in [-0.3, -0.25) is 19.1 Å². The molecular formula is C43H48ClN7O8S. The van der Waals surface area contributed by atoms with Gasteiger partial charge in [0.05, 0.1) is 23.0 Å². The van der Waals surface area contributed by atoms with E-state index in [-0.39, 0.29) is 25.5 Å². The number of nitrogens with zero attached hydrogens (tertiary/aromatic N) is 4. The van der Waals surface area contributed by atoms with Crippen LogP contribution in [-0.4, -0.2) is 93.4 Å². The monoisotopic (exact) mass is 857 g/mol. The molecular weight excluding hydrogens is 810 g/mol. The lowest BCUT2D eigenvalue weighted by atomic mass is 10.0. The summed E-state index contributed by atoms with van der Waals surface area (Å²) in [5.41, 5.74) is 1.08. The second-order valence-corrected chi connectivity index (χ2v) is 19.1. The molecule has 9 rings (SSSR count). The van der Waals surface area contributed by atoms with Gasteiger partial charge in [-0.1, -0.05) is 60.9 Å². The fraction of sp³-hybridized carbons (Fsp3) is 0.488. The number of rotatable bonds is 8. The molecule has 2 aromatic carbocycles. The number of nitrogens with one attached hydrogen (secondary N) is 3. The number of hydrogen-bond donors (Lipinski definition) is 3. The Hall–Kier alpha value is -5.22. The largest absolute Gasteiger partial charge is 0.472 e. The Morgan fingerprint density at radius 1 is 0.933 bits per heavy atom. The van der Waals surface area contributed by atoms with Crippen molar-refractivity contribution in [3.05, 3.63) is 71.8 Å². The topological polar surface area (TPSA) is 190 Å². The number of hydrogen-bond acceptors (Lipinski definition) is 10. The fourth-order valence-corrected chi connectivity index (χ4v) is 10.3. The molecule has 2 aromatic heterocycles. The van der Waals surface area contributed by atoms with Crippen molar-refractivity contribution >= 4 is 62.0 Å². The van der Waals surface area contributed by atoms with Crippen molar-refractivity contribution in [1.29, 1.82) is 0 Å². The summed E-state index contributed by atoms with van der Waals surface area (Å²) in [7, 11) is -3.91. The number of ether oxygens (including phenoxy) is 2. The van der Waals surface area contributed by atoms with E-state index in [0.717, 1.165) is 49.5 Å². The van der Waals surface area contributed by atoms with Gasteiger partial charge in [0.1, 0.15) is 29.8 Å². The van der Waals surface area contributed by atoms with E-state index < -0.39 is 68.7 Å². The second-order valence-electron chi connectivity index (χ2n) is 16.7. The zero-order valence-corrected chi connectivity index (χ0v) is 34.6. The molecule has 4 heterocycles. The van der Waals surface area contributed by atoms with Crippen LogP contribution in [0.5, 0.6) is 5.88 Å². The predicted octanol–water partition coefficient (Wildman–Crippen LogP) is 5.59. The van der Waals surface area contributed by atoms with E-state index in [9.17, 15) is 27.6 Å². The molecule has 0 spiro atoms. The zero-order valence-electron chi connectivity index (χ0n) is 33.1. The summed E-state index contributed by atoms with van der Waals surface area (Å²) in [6, 6.07) is 14.4. The number of halogens is 1. The van der Waals surface area contributed by atoms with Gasteiger partial charge in [-0.05, 0) is 88.5 Å². The summed E-state index contributed by atoms with van der Waals surface area (Å²) in [6.45, 7) is -0.0355. The molecule has 1 saturated heterocycles. The van der Waals surface area contributed by atoms with Crippen molar-refractivity contribution in [2.75, 3.05) is 6.54 Å². The van der Waals surface area contributed by atoms with Crippen molar-refractivity contribution < 1.29 is 37.1 Å². The molecule has 60 heavy (non-hydrogen) atoms. The number of amides is 4. The lowest BCUT2D eigenvalue weighted by molar-refractivity contribution is -0.141. The molecule has 17 heteroatoms. The van der Waals surface area contributed by atoms with Crippen LogP contribution in [0.25, 0.3) is 27.8 Å². The Morgan fingerprint density at radius 3 is 2.48 bits per heavy atom. The second kappa shape index (κ2) is 16.3. The predicted molar refractivity (Wildman–Crippen MR) is 222 cm³/mol. The molecule has 0 unspecified atom stereocenters. The third-order valence-corrected chi connectivity index (χ3v) is 14.5. The summed E-state index contributed by atoms with van der Waals surface area (Å²) >= 11 is 6.22. The Kier molecular flexibility index (Phi) is 10.9. The van der Waals surface area contributed by atoms with Crippen LogP contribution in [0.2, 0.25) is 5.02 Å². The molecule has 5 aliphatic rings. The van der Waals surface area contributed by atoms with Crippen molar-refractivity contribution in [1.82, 2.24) is 34.9 Å². The van der Waals surface area contributed by atoms with Gasteiger partial charge in [0, 0.05) is 34.4 Å². The number of carbonyl (C=O) groups is 4. The molecule has 3 N–H and O–H groups in total. The van der Waals surface area contributed by atoms with Gasteiger partial charge in [0.2, 0.25) is 27.7 Å². The fourth-order valence-electron chi connectivity index (χ4n) is 8.81. The zero-order chi connectivity index (χ0) is 41.6. The number of allylic oxidation sites excluding steroid dienone is 1. The molecule has 316 valence electrons. The van der Waals surface area contributed by atoms with Gasteiger partial charge >= 0.3 is 6.09 Å². The van der Waals surface area contributed by atoms with Gasteiger partial charge in [0.25, 0.3) is 5.91 Å². The summed E-state index contributed by atoms with van der Waals surface area (Å²) in [5, 5.41) is 11.3. The first-order valence-corrected chi connectivity index (χ1v) is 22.9. The average molecular weight is 858 g/mol. The number of carbonyl (C=O) groups excluding carboxylic acids is 4. The van der Waals surface area contributed by atoms with Crippen molar-refractivity contribution in [2.45, 2.75) is 119 Å². The highest BCUT2D eigenvalue weighted by Gasteiger charge is 2.62. The van der Waals surface area contributed by atoms with E-state index in [2.05, 4.69) is 15.4 Å². The molecule has 3 saturated carbocycles. The van der Waals surface area contributed by atoms with Crippen LogP contribution in [0, 0.1) is 5.92 Å². The van der Waals surface area contributed by atoms with Gasteiger partial charge in [-0.2, -0.15) is 9.61 Å². The van der Waals surface area contributed by atoms with Crippen LogP contribution in [0.15, 0.2) is 66.7 Å². The van der Waals surface area contributed by atoms with Gasteiger partial charge in [-0.25, -0.2) is 18.2 Å². The first kappa shape index (κ1) is 40.2. The molecule has 4 aromatic rings. The Balaban J connectivity index is 1.05. The lowest BCUT2D eigenvalue weighted by Gasteiger charge is -2.30. The van der Waals surface area contributed by atoms with Crippen molar-refractivity contribution in [3.8, 4) is 17.1 Å². The maximum Gasteiger partial charge on any atom is 0.408 e. The minimum absolute atomic E-state index is 0.0241. The van der Waals surface area contributed by atoms with E-state index >= 15 is 0 Å². The van der Waals surface area contributed by atoms with E-state index in [1.54, 1.807) is 22.7 Å². The third-order valence-electron chi connectivity index (χ3n) is 12.4. The molecule has 3 aliphatic carbocycles. The van der Waals surface area contributed by atoms with Crippen LogP contribution in [0.3, 0.4) is 0 Å². The number of fused-ring (bicyclic) bond motifs is 5. The summed E-state index contributed by atoms with van der Waals surface area (Å²) in [4.78, 5) is 62.9. The molecule has 0 radical (unpaired) electrons. The number of aromatic nitrogens is 3. The molecule has 4 fully saturated rings. The standard InChI is InChI=1S/C43H48ClN7O8S/c44-28-18-16-26(17-19-28)35-23-37(51-38(45-35)32-13-8-9-14-33(32)48-51)58-30-22-36-39(52)47-43(41(54)49-60(56,57)31-20-21-31)24-27(43)10-4-2-1-3-5-15-34(40(53)50(36)25-30)46-42(55)59-29-11-6-7-12-29/h4,8-10,13-14,16-19,23,27,29-31,34,36H,1-3,5-7,11-12,15,20-22,24-25H2,(H,46,55)(H,47,52)(H,49,54)/b10-4-/t27-,30-,34-,36+,43-/m1/s1. The van der Waals surface area contributed by atoms with Gasteiger partial charge in [0.15, 0.2) is 5.65 Å². The van der Waals surface area contributed by atoms with Crippen LogP contribution in [0.1, 0.15) is 83.5 Å². The van der Waals surface area contributed by atoms with E-state index in [1.165, 1.54) is 4.90 Å². The van der Waals surface area contributed by atoms with Crippen LogP contribution in [0.4, 0.5) is 4.79 Å². The lowest BCUT2D eigenvalue weighted by Crippen LogP contribution is -2.58. The van der Waals surface area contributed by atoms with Crippen molar-refractivity contribution in [2.24, 2.45) is 5.92 Å². The Labute approximate surface area is 352 Å². The Morgan fingerprint density at radius 2 is 1.70 bits per heavy atom. The maximum atomic E-state index is 14.8. The highest BCUT2D eigenvalue weighted by atomic mass is 35.5. The minimum atomic E-state index is -3.91. The smallest absolute Gasteiger partial charge is 0.408 e. The minimum Gasteiger partial charge on any atom is -0.472 e. The highest BCUT2D eigenvalue weighted by molar-refractivity contribution is 7.91. The summed E-state index contributed by atoms with van der Waals surface area (Å²) < 4.78 is 42.2. The van der Waals surface area contributed by atoms with Crippen LogP contribution >= 0.6 is 11.6 Å². The summed E-state index contributed by atoms with van der Waals surface area (Å²) in [6.07, 6.45) is 10.0. The Bertz CT molecular complexity index is 2470. The number of sulfonamides is 1. The van der Waals surface area contributed by atoms with Gasteiger partial charge < -0.3 is 25.0 Å². The molecule has 5 atom stereocenters. The number of alkyl carbamates (subject to hydrolysis) is 1. The quantitative estimate of drug-likeness (QED) is 0.188. The first-order valence-electron chi connectivity index (χ1n) is 21.0. The van der Waals surface area contributed by atoms with Crippen LogP contribution < -0.4 is 20.1 Å².